The first-order valence-corrected chi connectivity index (χ1v) is 7.17. The third kappa shape index (κ3) is 4.40. The van der Waals surface area contributed by atoms with Crippen molar-refractivity contribution in [3.05, 3.63) is 62.7 Å². The molecule has 2 rings (SSSR count). The summed E-state index contributed by atoms with van der Waals surface area (Å²) in [6.07, 6.45) is 0. The second kappa shape index (κ2) is 6.77. The Balaban J connectivity index is 2.04. The molecule has 0 amide bonds. The lowest BCUT2D eigenvalue weighted by atomic mass is 10.2. The summed E-state index contributed by atoms with van der Waals surface area (Å²) in [5.74, 6) is 0.354. The number of nitrogens with two attached hydrogens (primary N) is 1. The number of rotatable bonds is 3. The highest BCUT2D eigenvalue weighted by Gasteiger charge is 2.02. The van der Waals surface area contributed by atoms with E-state index in [4.69, 9.17) is 17.3 Å². The first-order valence-electron chi connectivity index (χ1n) is 5.71. The van der Waals surface area contributed by atoms with Gasteiger partial charge in [0.15, 0.2) is 5.96 Å². The summed E-state index contributed by atoms with van der Waals surface area (Å²) in [6, 6.07) is 15.6. The number of nitrogens with one attached hydrogen (secondary N) is 1. The molecule has 98 valence electrons. The van der Waals surface area contributed by atoms with Crippen molar-refractivity contribution in [3.8, 4) is 0 Å². The van der Waals surface area contributed by atoms with Gasteiger partial charge in [0.05, 0.1) is 17.3 Å². The van der Waals surface area contributed by atoms with Crippen LogP contribution in [0.1, 0.15) is 5.56 Å². The largest absolute Gasteiger partial charge is 0.370 e. The van der Waals surface area contributed by atoms with Gasteiger partial charge in [-0.1, -0.05) is 41.9 Å². The van der Waals surface area contributed by atoms with E-state index in [1.54, 1.807) is 0 Å². The van der Waals surface area contributed by atoms with Crippen molar-refractivity contribution in [1.82, 2.24) is 0 Å². The van der Waals surface area contributed by atoms with Crippen LogP contribution in [0.2, 0.25) is 5.02 Å². The van der Waals surface area contributed by atoms with E-state index in [9.17, 15) is 0 Å². The number of nitrogens with zero attached hydrogens (tertiary/aromatic N) is 1. The number of anilines is 1. The van der Waals surface area contributed by atoms with E-state index in [1.807, 2.05) is 48.5 Å². The Bertz CT molecular complexity index is 584. The quantitative estimate of drug-likeness (QED) is 0.479. The summed E-state index contributed by atoms with van der Waals surface area (Å²) in [6.45, 7) is 0.543. The predicted molar refractivity (Wildman–Crippen MR) is 89.6 cm³/mol. The van der Waals surface area contributed by atoms with E-state index in [1.165, 1.54) is 0 Å². The van der Waals surface area contributed by atoms with Gasteiger partial charge in [0, 0.05) is 3.57 Å². The zero-order chi connectivity index (χ0) is 13.7. The minimum absolute atomic E-state index is 0.354. The van der Waals surface area contributed by atoms with Crippen LogP contribution in [-0.2, 0) is 6.54 Å². The van der Waals surface area contributed by atoms with Gasteiger partial charge in [0.1, 0.15) is 0 Å². The van der Waals surface area contributed by atoms with Gasteiger partial charge in [-0.15, -0.1) is 0 Å². The van der Waals surface area contributed by atoms with Crippen molar-refractivity contribution >= 4 is 45.8 Å². The van der Waals surface area contributed by atoms with Crippen LogP contribution in [0.15, 0.2) is 53.5 Å². The second-order valence-electron chi connectivity index (χ2n) is 3.94. The molecule has 0 heterocycles. The molecule has 0 unspecified atom stereocenters. The summed E-state index contributed by atoms with van der Waals surface area (Å²) >= 11 is 8.30. The predicted octanol–water partition coefficient (Wildman–Crippen LogP) is 3.87. The summed E-state index contributed by atoms with van der Waals surface area (Å²) < 4.78 is 1.08. The van der Waals surface area contributed by atoms with Gasteiger partial charge in [0.25, 0.3) is 0 Å². The van der Waals surface area contributed by atoms with Gasteiger partial charge in [-0.2, -0.15) is 0 Å². The lowest BCUT2D eigenvalue weighted by Gasteiger charge is -2.08. The van der Waals surface area contributed by atoms with Crippen molar-refractivity contribution in [3.63, 3.8) is 0 Å². The molecule has 0 aliphatic heterocycles. The van der Waals surface area contributed by atoms with Crippen LogP contribution >= 0.6 is 34.2 Å². The van der Waals surface area contributed by atoms with Crippen molar-refractivity contribution in [2.45, 2.75) is 6.54 Å². The maximum Gasteiger partial charge on any atom is 0.193 e. The van der Waals surface area contributed by atoms with Crippen molar-refractivity contribution in [2.75, 3.05) is 5.32 Å². The molecule has 0 fully saturated rings. The maximum atomic E-state index is 6.08. The molecular weight excluding hydrogens is 373 g/mol. The van der Waals surface area contributed by atoms with E-state index in [-0.39, 0.29) is 0 Å². The Morgan fingerprint density at radius 2 is 1.95 bits per heavy atom. The lowest BCUT2D eigenvalue weighted by Crippen LogP contribution is -2.22. The highest BCUT2D eigenvalue weighted by atomic mass is 127. The summed E-state index contributed by atoms with van der Waals surface area (Å²) in [5.41, 5.74) is 7.73. The molecule has 5 heteroatoms. The Kier molecular flexibility index (Phi) is 5.04. The Morgan fingerprint density at radius 3 is 2.68 bits per heavy atom. The van der Waals surface area contributed by atoms with Crippen molar-refractivity contribution < 1.29 is 0 Å². The summed E-state index contributed by atoms with van der Waals surface area (Å²) in [7, 11) is 0. The topological polar surface area (TPSA) is 50.4 Å². The first-order chi connectivity index (χ1) is 9.15. The van der Waals surface area contributed by atoms with Gasteiger partial charge in [0.2, 0.25) is 0 Å². The number of hydrogen-bond donors (Lipinski definition) is 2. The normalized spacial score (nSPS) is 11.4. The Labute approximate surface area is 131 Å². The van der Waals surface area contributed by atoms with E-state index in [0.717, 1.165) is 14.8 Å². The highest BCUT2D eigenvalue weighted by Crippen LogP contribution is 2.23. The molecule has 19 heavy (non-hydrogen) atoms. The summed E-state index contributed by atoms with van der Waals surface area (Å²) in [5, 5.41) is 3.64. The molecule has 3 N–H and O–H groups in total. The maximum absolute atomic E-state index is 6.08. The monoisotopic (exact) mass is 385 g/mol. The first kappa shape index (κ1) is 14.1. The number of halogens is 2. The molecule has 0 atom stereocenters. The van der Waals surface area contributed by atoms with Crippen LogP contribution in [-0.4, -0.2) is 5.96 Å². The summed E-state index contributed by atoms with van der Waals surface area (Å²) in [4.78, 5) is 4.28. The van der Waals surface area contributed by atoms with Crippen LogP contribution in [0.3, 0.4) is 0 Å². The molecule has 2 aromatic carbocycles. The molecule has 0 saturated heterocycles. The fraction of sp³-hybridized carbons (Fsp3) is 0.0714. The standard InChI is InChI=1S/C14H13ClIN3/c15-12-7-6-11(16)8-13(12)19-14(17)18-9-10-4-2-1-3-5-10/h1-8H,9H2,(H3,17,18,19). The fourth-order valence-electron chi connectivity index (χ4n) is 1.53. The molecule has 0 saturated carbocycles. The van der Waals surface area contributed by atoms with Crippen molar-refractivity contribution in [2.24, 2.45) is 10.7 Å². The molecule has 0 radical (unpaired) electrons. The van der Waals surface area contributed by atoms with E-state index in [2.05, 4.69) is 32.9 Å². The molecule has 0 aliphatic rings. The van der Waals surface area contributed by atoms with Crippen LogP contribution in [0.25, 0.3) is 0 Å². The zero-order valence-electron chi connectivity index (χ0n) is 10.1. The van der Waals surface area contributed by atoms with Gasteiger partial charge in [-0.3, -0.25) is 0 Å². The van der Waals surface area contributed by atoms with Gasteiger partial charge in [-0.05, 0) is 46.4 Å². The van der Waals surface area contributed by atoms with Gasteiger partial charge in [-0.25, -0.2) is 4.99 Å². The van der Waals surface area contributed by atoms with Gasteiger partial charge >= 0.3 is 0 Å². The van der Waals surface area contributed by atoms with Crippen molar-refractivity contribution in [1.29, 1.82) is 0 Å². The van der Waals surface area contributed by atoms with Crippen LogP contribution in [0.5, 0.6) is 0 Å². The average Bonchev–Trinajstić information content (AvgIpc) is 2.42. The highest BCUT2D eigenvalue weighted by molar-refractivity contribution is 14.1. The second-order valence-corrected chi connectivity index (χ2v) is 5.59. The molecule has 0 bridgehead atoms. The lowest BCUT2D eigenvalue weighted by molar-refractivity contribution is 1.06. The molecular formula is C14H13ClIN3. The average molecular weight is 386 g/mol. The smallest absolute Gasteiger partial charge is 0.193 e. The molecule has 2 aromatic rings. The number of hydrogen-bond acceptors (Lipinski definition) is 1. The Hall–Kier alpha value is -1.27. The fourth-order valence-corrected chi connectivity index (χ4v) is 2.19. The van der Waals surface area contributed by atoms with Crippen LogP contribution in [0, 0.1) is 3.57 Å². The molecule has 0 spiro atoms. The van der Waals surface area contributed by atoms with E-state index < -0.39 is 0 Å². The number of guanidine groups is 1. The van der Waals surface area contributed by atoms with Gasteiger partial charge < -0.3 is 11.1 Å². The number of aliphatic imine (C=N–C) groups is 1. The Morgan fingerprint density at radius 1 is 1.21 bits per heavy atom. The third-order valence-electron chi connectivity index (χ3n) is 2.47. The molecule has 3 nitrogen and oxygen atoms in total. The molecule has 0 aliphatic carbocycles. The SMILES string of the molecule is NC(=NCc1ccccc1)Nc1cc(I)ccc1Cl. The number of benzene rings is 2. The molecule has 0 aromatic heterocycles. The van der Waals surface area contributed by atoms with E-state index in [0.29, 0.717) is 17.5 Å². The van der Waals surface area contributed by atoms with Crippen LogP contribution in [0.4, 0.5) is 5.69 Å². The van der Waals surface area contributed by atoms with Crippen LogP contribution < -0.4 is 11.1 Å². The van der Waals surface area contributed by atoms with E-state index >= 15 is 0 Å². The minimum atomic E-state index is 0.354. The zero-order valence-corrected chi connectivity index (χ0v) is 13.0. The third-order valence-corrected chi connectivity index (χ3v) is 3.47. The minimum Gasteiger partial charge on any atom is -0.370 e.